The predicted octanol–water partition coefficient (Wildman–Crippen LogP) is 5.32. The number of imide groups is 1. The number of hydrogen-bond acceptors (Lipinski definition) is 5. The van der Waals surface area contributed by atoms with Crippen molar-refractivity contribution in [3.63, 3.8) is 0 Å². The number of ketones is 1. The zero-order chi connectivity index (χ0) is 23.3. The fraction of sp³-hybridized carbons (Fsp3) is 0.538. The van der Waals surface area contributed by atoms with E-state index >= 15 is 0 Å². The third kappa shape index (κ3) is 8.30. The molecule has 0 fully saturated rings. The van der Waals surface area contributed by atoms with E-state index in [4.69, 9.17) is 10.00 Å². The third-order valence-corrected chi connectivity index (χ3v) is 5.64. The van der Waals surface area contributed by atoms with Gasteiger partial charge in [0.1, 0.15) is 11.5 Å². The normalized spacial score (nSPS) is 13.4. The molecule has 2 amide bonds. The van der Waals surface area contributed by atoms with Crippen molar-refractivity contribution in [2.24, 2.45) is 5.92 Å². The molecule has 2 rings (SSSR count). The van der Waals surface area contributed by atoms with Crippen molar-refractivity contribution in [2.75, 3.05) is 6.54 Å². The molecule has 0 saturated heterocycles. The van der Waals surface area contributed by atoms with Gasteiger partial charge in [-0.05, 0) is 37.1 Å². The Morgan fingerprint density at radius 3 is 2.06 bits per heavy atom. The fourth-order valence-corrected chi connectivity index (χ4v) is 3.59. The van der Waals surface area contributed by atoms with Crippen molar-refractivity contribution < 1.29 is 19.1 Å². The molecule has 0 spiro atoms. The molecule has 1 heterocycles. The van der Waals surface area contributed by atoms with Crippen LogP contribution in [0.4, 0.5) is 0 Å². The smallest absolute Gasteiger partial charge is 0.296 e. The number of carbonyl (C=O) groups is 3. The molecular formula is C26H34N2O4. The van der Waals surface area contributed by atoms with Gasteiger partial charge in [0.15, 0.2) is 5.76 Å². The van der Waals surface area contributed by atoms with Gasteiger partial charge in [-0.15, -0.1) is 0 Å². The SMILES string of the molecule is CC(C)C(=O)CCCCCCCCCCCN1C(=O)C=C(Oc2ccc(C#N)cc2)C1=O. The summed E-state index contributed by atoms with van der Waals surface area (Å²) >= 11 is 0. The van der Waals surface area contributed by atoms with Crippen LogP contribution in [0.25, 0.3) is 0 Å². The molecule has 0 atom stereocenters. The maximum atomic E-state index is 12.5. The first-order valence-electron chi connectivity index (χ1n) is 11.7. The van der Waals surface area contributed by atoms with Gasteiger partial charge in [-0.3, -0.25) is 19.3 Å². The van der Waals surface area contributed by atoms with Crippen LogP contribution in [0.5, 0.6) is 5.75 Å². The van der Waals surface area contributed by atoms with Crippen LogP contribution in [0.2, 0.25) is 0 Å². The molecular weight excluding hydrogens is 404 g/mol. The summed E-state index contributed by atoms with van der Waals surface area (Å²) in [7, 11) is 0. The minimum absolute atomic E-state index is 0.0230. The van der Waals surface area contributed by atoms with Crippen molar-refractivity contribution in [1.29, 1.82) is 5.26 Å². The highest BCUT2D eigenvalue weighted by atomic mass is 16.5. The monoisotopic (exact) mass is 438 g/mol. The Bertz CT molecular complexity index is 850. The Kier molecular flexibility index (Phi) is 10.7. The molecule has 0 unspecified atom stereocenters. The van der Waals surface area contributed by atoms with Crippen molar-refractivity contribution in [3.05, 3.63) is 41.7 Å². The Labute approximate surface area is 191 Å². The average molecular weight is 439 g/mol. The summed E-state index contributed by atoms with van der Waals surface area (Å²) in [5.74, 6) is 0.214. The van der Waals surface area contributed by atoms with Crippen LogP contribution < -0.4 is 4.74 Å². The van der Waals surface area contributed by atoms with Gasteiger partial charge in [0.05, 0.1) is 17.7 Å². The Balaban J connectivity index is 1.54. The van der Waals surface area contributed by atoms with Gasteiger partial charge >= 0.3 is 0 Å². The summed E-state index contributed by atoms with van der Waals surface area (Å²) in [4.78, 5) is 37.4. The van der Waals surface area contributed by atoms with E-state index in [1.807, 2.05) is 19.9 Å². The molecule has 0 aliphatic carbocycles. The number of carbonyl (C=O) groups excluding carboxylic acids is 3. The highest BCUT2D eigenvalue weighted by molar-refractivity contribution is 6.15. The number of Topliss-reactive ketones (excluding diaryl/α,β-unsaturated/α-hetero) is 1. The first-order valence-corrected chi connectivity index (χ1v) is 11.7. The van der Waals surface area contributed by atoms with E-state index in [1.54, 1.807) is 24.3 Å². The zero-order valence-electron chi connectivity index (χ0n) is 19.3. The lowest BCUT2D eigenvalue weighted by Crippen LogP contribution is -2.32. The minimum atomic E-state index is -0.407. The second kappa shape index (κ2) is 13.5. The van der Waals surface area contributed by atoms with Gasteiger partial charge < -0.3 is 4.74 Å². The molecule has 1 aliphatic rings. The van der Waals surface area contributed by atoms with Crippen molar-refractivity contribution in [2.45, 2.75) is 78.1 Å². The van der Waals surface area contributed by atoms with Gasteiger partial charge in [-0.2, -0.15) is 5.26 Å². The third-order valence-electron chi connectivity index (χ3n) is 5.64. The second-order valence-electron chi connectivity index (χ2n) is 8.59. The summed E-state index contributed by atoms with van der Waals surface area (Å²) in [6.45, 7) is 4.31. The zero-order valence-corrected chi connectivity index (χ0v) is 19.3. The van der Waals surface area contributed by atoms with E-state index in [9.17, 15) is 14.4 Å². The molecule has 6 nitrogen and oxygen atoms in total. The number of amides is 2. The first kappa shape index (κ1) is 25.3. The van der Waals surface area contributed by atoms with Crippen LogP contribution in [-0.4, -0.2) is 29.0 Å². The van der Waals surface area contributed by atoms with Crippen LogP contribution in [0.3, 0.4) is 0 Å². The van der Waals surface area contributed by atoms with Gasteiger partial charge in [0.25, 0.3) is 11.8 Å². The van der Waals surface area contributed by atoms with E-state index in [2.05, 4.69) is 0 Å². The molecule has 0 N–H and O–H groups in total. The number of ether oxygens (including phenoxy) is 1. The van der Waals surface area contributed by atoms with Gasteiger partial charge in [0, 0.05) is 18.9 Å². The molecule has 6 heteroatoms. The summed E-state index contributed by atoms with van der Waals surface area (Å²) in [6.07, 6.45) is 11.6. The molecule has 32 heavy (non-hydrogen) atoms. The molecule has 1 aromatic carbocycles. The number of unbranched alkanes of at least 4 members (excludes halogenated alkanes) is 8. The number of nitrogens with zero attached hydrogens (tertiary/aromatic N) is 2. The first-order chi connectivity index (χ1) is 15.4. The lowest BCUT2D eigenvalue weighted by molar-refractivity contribution is -0.138. The van der Waals surface area contributed by atoms with Crippen molar-refractivity contribution in [3.8, 4) is 11.8 Å². The predicted molar refractivity (Wildman–Crippen MR) is 123 cm³/mol. The molecule has 0 bridgehead atoms. The molecule has 0 saturated carbocycles. The topological polar surface area (TPSA) is 87.5 Å². The lowest BCUT2D eigenvalue weighted by atomic mass is 10.0. The summed E-state index contributed by atoms with van der Waals surface area (Å²) in [5.41, 5.74) is 0.500. The molecule has 1 aromatic rings. The molecule has 0 aromatic heterocycles. The van der Waals surface area contributed by atoms with E-state index in [0.29, 0.717) is 30.1 Å². The number of rotatable bonds is 15. The van der Waals surface area contributed by atoms with Gasteiger partial charge in [-0.1, -0.05) is 58.8 Å². The number of benzene rings is 1. The molecule has 0 radical (unpaired) electrons. The van der Waals surface area contributed by atoms with Crippen LogP contribution >= 0.6 is 0 Å². The van der Waals surface area contributed by atoms with E-state index < -0.39 is 5.91 Å². The van der Waals surface area contributed by atoms with Crippen molar-refractivity contribution >= 4 is 17.6 Å². The van der Waals surface area contributed by atoms with Gasteiger partial charge in [-0.25, -0.2) is 0 Å². The number of hydrogen-bond donors (Lipinski definition) is 0. The van der Waals surface area contributed by atoms with Crippen LogP contribution in [0, 0.1) is 17.2 Å². The summed E-state index contributed by atoms with van der Waals surface area (Å²) < 4.78 is 5.53. The van der Waals surface area contributed by atoms with Gasteiger partial charge in [0.2, 0.25) is 0 Å². The molecule has 172 valence electrons. The summed E-state index contributed by atoms with van der Waals surface area (Å²) in [6, 6.07) is 8.42. The fourth-order valence-electron chi connectivity index (χ4n) is 3.59. The highest BCUT2D eigenvalue weighted by Crippen LogP contribution is 2.21. The Hall–Kier alpha value is -2.94. The average Bonchev–Trinajstić information content (AvgIpc) is 3.04. The quantitative estimate of drug-likeness (QED) is 0.273. The number of nitriles is 1. The lowest BCUT2D eigenvalue weighted by Gasteiger charge is -2.14. The minimum Gasteiger partial charge on any atom is -0.451 e. The van der Waals surface area contributed by atoms with E-state index in [0.717, 1.165) is 38.5 Å². The standard InChI is InChI=1S/C26H34N2O4/c1-20(2)23(29)12-10-8-6-4-3-5-7-9-11-17-28-25(30)18-24(26(28)31)32-22-15-13-21(19-27)14-16-22/h13-16,18,20H,3-12,17H2,1-2H3. The molecule has 1 aliphatic heterocycles. The summed E-state index contributed by atoms with van der Waals surface area (Å²) in [5, 5.41) is 8.83. The van der Waals surface area contributed by atoms with Crippen LogP contribution in [0.15, 0.2) is 36.1 Å². The largest absolute Gasteiger partial charge is 0.451 e. The van der Waals surface area contributed by atoms with Crippen molar-refractivity contribution in [1.82, 2.24) is 4.90 Å². The van der Waals surface area contributed by atoms with E-state index in [1.165, 1.54) is 30.2 Å². The maximum Gasteiger partial charge on any atom is 0.296 e. The van der Waals surface area contributed by atoms with Crippen LogP contribution in [-0.2, 0) is 14.4 Å². The van der Waals surface area contributed by atoms with Crippen LogP contribution in [0.1, 0.15) is 83.6 Å². The van der Waals surface area contributed by atoms with E-state index in [-0.39, 0.29) is 17.6 Å². The second-order valence-corrected chi connectivity index (χ2v) is 8.59. The highest BCUT2D eigenvalue weighted by Gasteiger charge is 2.32. The maximum absolute atomic E-state index is 12.5. The Morgan fingerprint density at radius 1 is 0.938 bits per heavy atom. The Morgan fingerprint density at radius 2 is 1.50 bits per heavy atom.